The highest BCUT2D eigenvalue weighted by atomic mass is 16.2. The second-order valence-electron chi connectivity index (χ2n) is 4.10. The van der Waals surface area contributed by atoms with Gasteiger partial charge in [-0.3, -0.25) is 9.59 Å². The molecule has 0 rings (SSSR count). The normalized spacial score (nSPS) is 9.67. The summed E-state index contributed by atoms with van der Waals surface area (Å²) in [6.07, 6.45) is 0.814. The molecule has 0 radical (unpaired) electrons. The van der Waals surface area contributed by atoms with Gasteiger partial charge in [0.15, 0.2) is 0 Å². The number of hydrogen-bond donors (Lipinski definition) is 2. The van der Waals surface area contributed by atoms with Gasteiger partial charge in [0, 0.05) is 38.8 Å². The Kier molecular flexibility index (Phi) is 8.43. The van der Waals surface area contributed by atoms with Gasteiger partial charge in [0.05, 0.1) is 0 Å². The van der Waals surface area contributed by atoms with E-state index in [1.54, 1.807) is 0 Å². The van der Waals surface area contributed by atoms with Crippen molar-refractivity contribution >= 4 is 23.4 Å². The summed E-state index contributed by atoms with van der Waals surface area (Å²) in [5, 5.41) is 5.17. The molecule has 18 heavy (non-hydrogen) atoms. The van der Waals surface area contributed by atoms with Gasteiger partial charge in [-0.25, -0.2) is 0 Å². The molecule has 6 nitrogen and oxygen atoms in total. The lowest BCUT2D eigenvalue weighted by Crippen LogP contribution is -2.34. The minimum absolute atomic E-state index is 0.0253. The van der Waals surface area contributed by atoms with E-state index in [4.69, 9.17) is 0 Å². The van der Waals surface area contributed by atoms with Crippen molar-refractivity contribution in [2.45, 2.75) is 39.5 Å². The second-order valence-corrected chi connectivity index (χ2v) is 4.10. The van der Waals surface area contributed by atoms with Crippen LogP contribution in [0.3, 0.4) is 0 Å². The van der Waals surface area contributed by atoms with Crippen molar-refractivity contribution in [3.05, 3.63) is 0 Å². The van der Waals surface area contributed by atoms with E-state index >= 15 is 0 Å². The number of carbonyl (C=O) groups is 4. The summed E-state index contributed by atoms with van der Waals surface area (Å²) in [4.78, 5) is 43.6. The molecule has 0 unspecified atom stereocenters. The summed E-state index contributed by atoms with van der Waals surface area (Å²) in [5.41, 5.74) is 0. The number of ketones is 2. The van der Waals surface area contributed by atoms with E-state index in [0.29, 0.717) is 13.1 Å². The molecule has 0 heterocycles. The van der Waals surface area contributed by atoms with Crippen molar-refractivity contribution < 1.29 is 19.2 Å². The molecule has 6 heteroatoms. The van der Waals surface area contributed by atoms with Crippen LogP contribution in [0.4, 0.5) is 0 Å². The third kappa shape index (κ3) is 10.8. The van der Waals surface area contributed by atoms with Gasteiger partial charge in [-0.2, -0.15) is 0 Å². The van der Waals surface area contributed by atoms with Gasteiger partial charge in [0.2, 0.25) is 11.8 Å². The molecule has 0 saturated heterocycles. The van der Waals surface area contributed by atoms with Gasteiger partial charge in [0.1, 0.15) is 11.6 Å². The highest BCUT2D eigenvalue weighted by molar-refractivity contribution is 5.84. The van der Waals surface area contributed by atoms with Gasteiger partial charge in [-0.1, -0.05) is 0 Å². The number of carbonyl (C=O) groups excluding carboxylic acids is 4. The molecular weight excluding hydrogens is 236 g/mol. The molecule has 0 saturated carbocycles. The Morgan fingerprint density at radius 3 is 1.28 bits per heavy atom. The van der Waals surface area contributed by atoms with E-state index in [0.717, 1.165) is 0 Å². The van der Waals surface area contributed by atoms with Crippen LogP contribution in [0.25, 0.3) is 0 Å². The molecule has 0 atom stereocenters. The fourth-order valence-electron chi connectivity index (χ4n) is 1.16. The molecule has 0 aliphatic heterocycles. The fraction of sp³-hybridized carbons (Fsp3) is 0.667. The number of Topliss-reactive ketones (excluding diaryl/α,β-unsaturated/α-hetero) is 2. The quantitative estimate of drug-likeness (QED) is 0.566. The molecule has 0 spiro atoms. The lowest BCUT2D eigenvalue weighted by atomic mass is 10.2. The van der Waals surface area contributed by atoms with Crippen LogP contribution in [0, 0.1) is 0 Å². The van der Waals surface area contributed by atoms with Crippen LogP contribution in [0.2, 0.25) is 0 Å². The maximum atomic E-state index is 11.2. The van der Waals surface area contributed by atoms with Crippen molar-refractivity contribution in [2.24, 2.45) is 0 Å². The zero-order chi connectivity index (χ0) is 14.0. The number of hydrogen-bond acceptors (Lipinski definition) is 4. The van der Waals surface area contributed by atoms with Gasteiger partial charge >= 0.3 is 0 Å². The Bertz CT molecular complexity index is 294. The molecule has 2 amide bonds. The fourth-order valence-corrected chi connectivity index (χ4v) is 1.16. The van der Waals surface area contributed by atoms with Gasteiger partial charge < -0.3 is 20.2 Å². The first-order chi connectivity index (χ1) is 8.41. The molecule has 0 aromatic heterocycles. The summed E-state index contributed by atoms with van der Waals surface area (Å²) < 4.78 is 0. The minimum atomic E-state index is -0.205. The summed E-state index contributed by atoms with van der Waals surface area (Å²) in [6.45, 7) is 3.51. The summed E-state index contributed by atoms with van der Waals surface area (Å²) in [6, 6.07) is 0. The smallest absolute Gasteiger partial charge is 0.220 e. The maximum Gasteiger partial charge on any atom is 0.220 e. The van der Waals surface area contributed by atoms with Crippen LogP contribution in [0.15, 0.2) is 0 Å². The van der Waals surface area contributed by atoms with E-state index in [1.807, 2.05) is 0 Å². The van der Waals surface area contributed by atoms with Crippen LogP contribution in [-0.4, -0.2) is 36.5 Å². The van der Waals surface area contributed by atoms with E-state index in [-0.39, 0.29) is 49.1 Å². The second kappa shape index (κ2) is 9.32. The average molecular weight is 256 g/mol. The Morgan fingerprint density at radius 1 is 0.667 bits per heavy atom. The molecule has 0 fully saturated rings. The zero-order valence-corrected chi connectivity index (χ0v) is 10.9. The van der Waals surface area contributed by atoms with Crippen molar-refractivity contribution in [1.82, 2.24) is 10.6 Å². The first-order valence-electron chi connectivity index (χ1n) is 5.94. The average Bonchev–Trinajstić information content (AvgIpc) is 2.29. The number of rotatable bonds is 9. The SMILES string of the molecule is CC(=O)CCC(=O)NCCNC(=O)CCC(C)=O. The Morgan fingerprint density at radius 2 is 1.00 bits per heavy atom. The predicted octanol–water partition coefficient (Wildman–Crippen LogP) is -0.0428. The molecule has 102 valence electrons. The zero-order valence-electron chi connectivity index (χ0n) is 10.9. The summed E-state index contributed by atoms with van der Waals surface area (Å²) >= 11 is 0. The van der Waals surface area contributed by atoms with Crippen LogP contribution in [0.5, 0.6) is 0 Å². The summed E-state index contributed by atoms with van der Waals surface area (Å²) in [7, 11) is 0. The monoisotopic (exact) mass is 256 g/mol. The molecule has 0 aromatic rings. The molecule has 0 aromatic carbocycles. The first-order valence-corrected chi connectivity index (χ1v) is 5.94. The molecule has 0 bridgehead atoms. The predicted molar refractivity (Wildman–Crippen MR) is 65.8 cm³/mol. The van der Waals surface area contributed by atoms with Crippen molar-refractivity contribution in [1.29, 1.82) is 0 Å². The van der Waals surface area contributed by atoms with Crippen LogP contribution < -0.4 is 10.6 Å². The topological polar surface area (TPSA) is 92.3 Å². The van der Waals surface area contributed by atoms with E-state index < -0.39 is 0 Å². The van der Waals surface area contributed by atoms with Crippen LogP contribution in [0.1, 0.15) is 39.5 Å². The lowest BCUT2D eigenvalue weighted by Gasteiger charge is -2.06. The standard InChI is InChI=1S/C12H20N2O4/c1-9(15)3-5-11(17)13-7-8-14-12(18)6-4-10(2)16/h3-8H2,1-2H3,(H,13,17)(H,14,18). The Labute approximate surface area is 106 Å². The highest BCUT2D eigenvalue weighted by Gasteiger charge is 2.04. The molecule has 0 aliphatic carbocycles. The Balaban J connectivity index is 3.49. The van der Waals surface area contributed by atoms with Gasteiger partial charge in [0.25, 0.3) is 0 Å². The third-order valence-electron chi connectivity index (χ3n) is 2.18. The minimum Gasteiger partial charge on any atom is -0.354 e. The lowest BCUT2D eigenvalue weighted by molar-refractivity contribution is -0.125. The largest absolute Gasteiger partial charge is 0.354 e. The van der Waals surface area contributed by atoms with E-state index in [9.17, 15) is 19.2 Å². The maximum absolute atomic E-state index is 11.2. The van der Waals surface area contributed by atoms with Gasteiger partial charge in [-0.05, 0) is 13.8 Å². The van der Waals surface area contributed by atoms with Crippen molar-refractivity contribution in [3.8, 4) is 0 Å². The molecule has 2 N–H and O–H groups in total. The van der Waals surface area contributed by atoms with Crippen LogP contribution in [-0.2, 0) is 19.2 Å². The van der Waals surface area contributed by atoms with Crippen LogP contribution >= 0.6 is 0 Å². The highest BCUT2D eigenvalue weighted by Crippen LogP contribution is 1.90. The molecular formula is C12H20N2O4. The van der Waals surface area contributed by atoms with E-state index in [1.165, 1.54) is 13.8 Å². The number of nitrogens with one attached hydrogen (secondary N) is 2. The summed E-state index contributed by atoms with van der Waals surface area (Å²) in [5.74, 6) is -0.461. The van der Waals surface area contributed by atoms with Crippen molar-refractivity contribution in [3.63, 3.8) is 0 Å². The number of amides is 2. The van der Waals surface area contributed by atoms with E-state index in [2.05, 4.69) is 10.6 Å². The molecule has 0 aliphatic rings. The van der Waals surface area contributed by atoms with Gasteiger partial charge in [-0.15, -0.1) is 0 Å². The first kappa shape index (κ1) is 16.3. The van der Waals surface area contributed by atoms with Crippen molar-refractivity contribution in [2.75, 3.05) is 13.1 Å². The third-order valence-corrected chi connectivity index (χ3v) is 2.18. The Hall–Kier alpha value is -1.72.